The van der Waals surface area contributed by atoms with Crippen LogP contribution in [0.5, 0.6) is 0 Å². The predicted octanol–water partition coefficient (Wildman–Crippen LogP) is 3.36. The highest BCUT2D eigenvalue weighted by atomic mass is 35.5. The van der Waals surface area contributed by atoms with Crippen molar-refractivity contribution in [1.29, 1.82) is 0 Å². The summed E-state index contributed by atoms with van der Waals surface area (Å²) in [7, 11) is 0. The number of hydrogen-bond donors (Lipinski definition) is 1. The van der Waals surface area contributed by atoms with Gasteiger partial charge in [0.1, 0.15) is 0 Å². The lowest BCUT2D eigenvalue weighted by atomic mass is 10.0. The largest absolute Gasteiger partial charge is 0.335 e. The molecule has 1 saturated heterocycles. The van der Waals surface area contributed by atoms with Gasteiger partial charge in [0.25, 0.3) is 11.6 Å². The maximum absolute atomic E-state index is 13.3. The zero-order chi connectivity index (χ0) is 18.3. The van der Waals surface area contributed by atoms with Crippen molar-refractivity contribution in [3.05, 3.63) is 47.2 Å². The maximum Gasteiger partial charge on any atom is 0.259 e. The van der Waals surface area contributed by atoms with Crippen molar-refractivity contribution < 1.29 is 9.32 Å². The van der Waals surface area contributed by atoms with Crippen LogP contribution in [0.1, 0.15) is 28.5 Å². The summed E-state index contributed by atoms with van der Waals surface area (Å²) in [5, 5.41) is 8.06. The molecular weight excluding hydrogens is 364 g/mol. The minimum Gasteiger partial charge on any atom is -0.335 e. The van der Waals surface area contributed by atoms with Gasteiger partial charge in [0.15, 0.2) is 0 Å². The highest BCUT2D eigenvalue weighted by Gasteiger charge is 2.28. The van der Waals surface area contributed by atoms with Crippen LogP contribution in [0.15, 0.2) is 34.9 Å². The highest BCUT2D eigenvalue weighted by Crippen LogP contribution is 2.28. The van der Waals surface area contributed by atoms with E-state index in [0.29, 0.717) is 28.9 Å². The first-order chi connectivity index (χ1) is 12.5. The molecule has 7 heteroatoms. The van der Waals surface area contributed by atoms with E-state index < -0.39 is 0 Å². The number of benzene rings is 1. The zero-order valence-corrected chi connectivity index (χ0v) is 16.5. The molecule has 1 amide bonds. The van der Waals surface area contributed by atoms with Crippen LogP contribution in [0.2, 0.25) is 0 Å². The summed E-state index contributed by atoms with van der Waals surface area (Å²) in [6, 6.07) is 10.1. The van der Waals surface area contributed by atoms with Crippen molar-refractivity contribution in [2.24, 2.45) is 0 Å². The van der Waals surface area contributed by atoms with Crippen LogP contribution < -0.4 is 5.32 Å². The van der Waals surface area contributed by atoms with Crippen molar-refractivity contribution >= 4 is 29.4 Å². The van der Waals surface area contributed by atoms with Crippen LogP contribution in [0.4, 0.5) is 0 Å². The lowest BCUT2D eigenvalue weighted by molar-refractivity contribution is 0.0657. The Bertz CT molecular complexity index is 968. The molecule has 142 valence electrons. The SMILES string of the molecule is Cc1ccc(-c2cc(C(=O)N3CCNC[C@@H]3C)c3c(C)noc3n2)cc1.Cl. The molecule has 0 spiro atoms. The molecule has 0 unspecified atom stereocenters. The summed E-state index contributed by atoms with van der Waals surface area (Å²) in [4.78, 5) is 19.8. The van der Waals surface area contributed by atoms with Crippen LogP contribution in [0.25, 0.3) is 22.4 Å². The molecular formula is C20H23ClN4O2. The van der Waals surface area contributed by atoms with Gasteiger partial charge in [-0.15, -0.1) is 12.4 Å². The third kappa shape index (κ3) is 3.55. The standard InChI is InChI=1S/C20H22N4O2.ClH/c1-12-4-6-15(7-5-12)17-10-16(18-14(3)23-26-19(18)22-17)20(25)24-9-8-21-11-13(24)2;/h4-7,10,13,21H,8-9,11H2,1-3H3;1H/t13-;/m0./s1. The molecule has 4 rings (SSSR count). The number of nitrogens with zero attached hydrogens (tertiary/aromatic N) is 3. The Labute approximate surface area is 164 Å². The highest BCUT2D eigenvalue weighted by molar-refractivity contribution is 6.07. The first-order valence-electron chi connectivity index (χ1n) is 8.90. The summed E-state index contributed by atoms with van der Waals surface area (Å²) in [5.74, 6) is 0.00561. The lowest BCUT2D eigenvalue weighted by Crippen LogP contribution is -2.52. The molecule has 1 fully saturated rings. The third-order valence-corrected chi connectivity index (χ3v) is 4.96. The minimum absolute atomic E-state index is 0. The number of rotatable bonds is 2. The Hall–Kier alpha value is -2.44. The van der Waals surface area contributed by atoms with Crippen molar-refractivity contribution in [3.63, 3.8) is 0 Å². The Morgan fingerprint density at radius 2 is 2.00 bits per heavy atom. The van der Waals surface area contributed by atoms with Crippen molar-refractivity contribution in [2.75, 3.05) is 19.6 Å². The third-order valence-electron chi connectivity index (χ3n) is 4.96. The predicted molar refractivity (Wildman–Crippen MR) is 107 cm³/mol. The Morgan fingerprint density at radius 3 is 2.70 bits per heavy atom. The van der Waals surface area contributed by atoms with E-state index in [1.807, 2.05) is 49.1 Å². The van der Waals surface area contributed by atoms with Gasteiger partial charge < -0.3 is 14.7 Å². The molecule has 0 bridgehead atoms. The fraction of sp³-hybridized carbons (Fsp3) is 0.350. The smallest absolute Gasteiger partial charge is 0.259 e. The van der Waals surface area contributed by atoms with Gasteiger partial charge in [-0.3, -0.25) is 4.79 Å². The Morgan fingerprint density at radius 1 is 1.26 bits per heavy atom. The number of amides is 1. The monoisotopic (exact) mass is 386 g/mol. The number of piperazine rings is 1. The Kier molecular flexibility index (Phi) is 5.48. The summed E-state index contributed by atoms with van der Waals surface area (Å²) >= 11 is 0. The first kappa shape index (κ1) is 19.3. The van der Waals surface area contributed by atoms with Gasteiger partial charge in [0.05, 0.1) is 22.3 Å². The molecule has 3 heterocycles. The van der Waals surface area contributed by atoms with E-state index in [4.69, 9.17) is 4.52 Å². The molecule has 1 aliphatic rings. The number of aryl methyl sites for hydroxylation is 2. The zero-order valence-electron chi connectivity index (χ0n) is 15.7. The van der Waals surface area contributed by atoms with Gasteiger partial charge in [-0.25, -0.2) is 4.98 Å². The molecule has 1 N–H and O–H groups in total. The summed E-state index contributed by atoms with van der Waals surface area (Å²) in [5.41, 5.74) is 4.56. The van der Waals surface area contributed by atoms with E-state index >= 15 is 0 Å². The van der Waals surface area contributed by atoms with E-state index in [2.05, 4.69) is 22.4 Å². The number of nitrogens with one attached hydrogen (secondary N) is 1. The molecule has 27 heavy (non-hydrogen) atoms. The van der Waals surface area contributed by atoms with Gasteiger partial charge in [-0.2, -0.15) is 0 Å². The molecule has 2 aromatic heterocycles. The van der Waals surface area contributed by atoms with Crippen LogP contribution in [-0.2, 0) is 0 Å². The summed E-state index contributed by atoms with van der Waals surface area (Å²) in [6.45, 7) is 8.24. The quantitative estimate of drug-likeness (QED) is 0.731. The number of aromatic nitrogens is 2. The second-order valence-electron chi connectivity index (χ2n) is 6.92. The summed E-state index contributed by atoms with van der Waals surface area (Å²) < 4.78 is 5.40. The average molecular weight is 387 g/mol. The van der Waals surface area contributed by atoms with E-state index in [1.54, 1.807) is 0 Å². The number of carbonyl (C=O) groups excluding carboxylic acids is 1. The number of halogens is 1. The first-order valence-corrected chi connectivity index (χ1v) is 8.90. The van der Waals surface area contributed by atoms with Crippen LogP contribution in [0, 0.1) is 13.8 Å². The van der Waals surface area contributed by atoms with E-state index in [0.717, 1.165) is 24.3 Å². The fourth-order valence-electron chi connectivity index (χ4n) is 3.43. The van der Waals surface area contributed by atoms with Gasteiger partial charge in [0, 0.05) is 31.2 Å². The van der Waals surface area contributed by atoms with Crippen molar-refractivity contribution in [3.8, 4) is 11.3 Å². The van der Waals surface area contributed by atoms with Crippen LogP contribution >= 0.6 is 12.4 Å². The lowest BCUT2D eigenvalue weighted by Gasteiger charge is -2.34. The fourth-order valence-corrected chi connectivity index (χ4v) is 3.43. The minimum atomic E-state index is 0. The molecule has 0 radical (unpaired) electrons. The van der Waals surface area contributed by atoms with Gasteiger partial charge >= 0.3 is 0 Å². The van der Waals surface area contributed by atoms with Gasteiger partial charge in [-0.1, -0.05) is 35.0 Å². The number of pyridine rings is 1. The van der Waals surface area contributed by atoms with Crippen LogP contribution in [-0.4, -0.2) is 46.6 Å². The molecule has 1 atom stereocenters. The van der Waals surface area contributed by atoms with Gasteiger partial charge in [0.2, 0.25) is 0 Å². The van der Waals surface area contributed by atoms with Crippen molar-refractivity contribution in [1.82, 2.24) is 20.4 Å². The Balaban J connectivity index is 0.00000210. The maximum atomic E-state index is 13.3. The normalized spacial score (nSPS) is 17.0. The van der Waals surface area contributed by atoms with Crippen LogP contribution in [0.3, 0.4) is 0 Å². The molecule has 0 saturated carbocycles. The van der Waals surface area contributed by atoms with Gasteiger partial charge in [-0.05, 0) is 26.8 Å². The topological polar surface area (TPSA) is 71.3 Å². The number of fused-ring (bicyclic) bond motifs is 1. The number of carbonyl (C=O) groups is 1. The molecule has 0 aliphatic carbocycles. The number of hydrogen-bond acceptors (Lipinski definition) is 5. The van der Waals surface area contributed by atoms with Crippen molar-refractivity contribution in [2.45, 2.75) is 26.8 Å². The molecule has 1 aliphatic heterocycles. The molecule has 3 aromatic rings. The van der Waals surface area contributed by atoms with E-state index in [9.17, 15) is 4.79 Å². The molecule has 1 aromatic carbocycles. The second kappa shape index (κ2) is 7.66. The van der Waals surface area contributed by atoms with E-state index in [1.165, 1.54) is 5.56 Å². The second-order valence-corrected chi connectivity index (χ2v) is 6.92. The van der Waals surface area contributed by atoms with E-state index in [-0.39, 0.29) is 24.4 Å². The summed E-state index contributed by atoms with van der Waals surface area (Å²) in [6.07, 6.45) is 0. The average Bonchev–Trinajstić information content (AvgIpc) is 3.02. The molecule has 6 nitrogen and oxygen atoms in total.